The number of ether oxygens (including phenoxy) is 1. The van der Waals surface area contributed by atoms with Crippen LogP contribution in [0.1, 0.15) is 15.9 Å². The molecule has 0 saturated carbocycles. The molecule has 0 saturated heterocycles. The molecule has 1 amide bonds. The van der Waals surface area contributed by atoms with Crippen LogP contribution in [0.3, 0.4) is 0 Å². The van der Waals surface area contributed by atoms with Crippen LogP contribution in [0.25, 0.3) is 0 Å². The molecule has 4 nitrogen and oxygen atoms in total. The number of hydrogen-bond donors (Lipinski definition) is 1. The first-order valence-electron chi connectivity index (χ1n) is 8.11. The second-order valence-corrected chi connectivity index (χ2v) is 6.47. The molecule has 3 rings (SSSR count). The summed E-state index contributed by atoms with van der Waals surface area (Å²) in [5.74, 6) is 0.00251. The Morgan fingerprint density at radius 1 is 0.778 bits per heavy atom. The van der Waals surface area contributed by atoms with Crippen molar-refractivity contribution in [3.63, 3.8) is 0 Å². The second kappa shape index (κ2) is 8.71. The van der Waals surface area contributed by atoms with Gasteiger partial charge in [0.25, 0.3) is 5.91 Å². The minimum Gasteiger partial charge on any atom is -0.484 e. The SMILES string of the molecule is O=C(COc1ccc(C(=O)c2ccccc2)cc1)Nc1c(Cl)cccc1Cl. The molecule has 0 radical (unpaired) electrons. The van der Waals surface area contributed by atoms with Gasteiger partial charge in [-0.1, -0.05) is 59.6 Å². The van der Waals surface area contributed by atoms with Crippen molar-refractivity contribution in [3.05, 3.63) is 94.0 Å². The van der Waals surface area contributed by atoms with Crippen LogP contribution in [0.15, 0.2) is 72.8 Å². The topological polar surface area (TPSA) is 55.4 Å². The van der Waals surface area contributed by atoms with E-state index in [1.807, 2.05) is 18.2 Å². The molecule has 3 aromatic carbocycles. The summed E-state index contributed by atoms with van der Waals surface area (Å²) >= 11 is 12.0. The first-order valence-corrected chi connectivity index (χ1v) is 8.86. The van der Waals surface area contributed by atoms with Gasteiger partial charge in [-0.3, -0.25) is 9.59 Å². The molecular weight excluding hydrogens is 385 g/mol. The average molecular weight is 400 g/mol. The van der Waals surface area contributed by atoms with Crippen molar-refractivity contribution in [1.82, 2.24) is 0 Å². The first kappa shape index (κ1) is 19.0. The van der Waals surface area contributed by atoms with Gasteiger partial charge in [-0.05, 0) is 36.4 Å². The van der Waals surface area contributed by atoms with Gasteiger partial charge < -0.3 is 10.1 Å². The van der Waals surface area contributed by atoms with Gasteiger partial charge in [0.05, 0.1) is 15.7 Å². The molecule has 1 N–H and O–H groups in total. The Balaban J connectivity index is 1.59. The smallest absolute Gasteiger partial charge is 0.262 e. The van der Waals surface area contributed by atoms with Crippen LogP contribution in [-0.2, 0) is 4.79 Å². The third-order valence-electron chi connectivity index (χ3n) is 3.75. The number of carbonyl (C=O) groups excluding carboxylic acids is 2. The first-order chi connectivity index (χ1) is 13.0. The molecule has 0 aliphatic rings. The minimum absolute atomic E-state index is 0.0757. The summed E-state index contributed by atoms with van der Waals surface area (Å²) in [6.45, 7) is -0.215. The summed E-state index contributed by atoms with van der Waals surface area (Å²) in [4.78, 5) is 24.4. The quantitative estimate of drug-likeness (QED) is 0.576. The van der Waals surface area contributed by atoms with Gasteiger partial charge in [-0.2, -0.15) is 0 Å². The van der Waals surface area contributed by atoms with Crippen LogP contribution in [0, 0.1) is 0 Å². The highest BCUT2D eigenvalue weighted by Gasteiger charge is 2.11. The van der Waals surface area contributed by atoms with Crippen LogP contribution < -0.4 is 10.1 Å². The van der Waals surface area contributed by atoms with Crippen LogP contribution in [0.5, 0.6) is 5.75 Å². The normalized spacial score (nSPS) is 10.3. The van der Waals surface area contributed by atoms with E-state index in [9.17, 15) is 9.59 Å². The average Bonchev–Trinajstić information content (AvgIpc) is 2.70. The van der Waals surface area contributed by atoms with Crippen molar-refractivity contribution in [1.29, 1.82) is 0 Å². The Morgan fingerprint density at radius 2 is 1.37 bits per heavy atom. The monoisotopic (exact) mass is 399 g/mol. The summed E-state index contributed by atoms with van der Waals surface area (Å²) in [5.41, 5.74) is 1.50. The highest BCUT2D eigenvalue weighted by molar-refractivity contribution is 6.39. The summed E-state index contributed by atoms with van der Waals surface area (Å²) < 4.78 is 5.45. The fraction of sp³-hybridized carbons (Fsp3) is 0.0476. The van der Waals surface area contributed by atoms with Gasteiger partial charge in [-0.15, -0.1) is 0 Å². The van der Waals surface area contributed by atoms with E-state index in [1.165, 1.54) is 0 Å². The van der Waals surface area contributed by atoms with Crippen LogP contribution in [0.4, 0.5) is 5.69 Å². The van der Waals surface area contributed by atoms with Crippen LogP contribution >= 0.6 is 23.2 Å². The maximum atomic E-state index is 12.4. The number of amides is 1. The Bertz CT molecular complexity index is 937. The predicted molar refractivity (Wildman–Crippen MR) is 107 cm³/mol. The molecule has 0 aliphatic carbocycles. The van der Waals surface area contributed by atoms with E-state index >= 15 is 0 Å². The van der Waals surface area contributed by atoms with Crippen LogP contribution in [-0.4, -0.2) is 18.3 Å². The highest BCUT2D eigenvalue weighted by Crippen LogP contribution is 2.29. The molecule has 0 aliphatic heterocycles. The van der Waals surface area contributed by atoms with Gasteiger partial charge in [0, 0.05) is 11.1 Å². The van der Waals surface area contributed by atoms with E-state index in [1.54, 1.807) is 54.6 Å². The maximum Gasteiger partial charge on any atom is 0.262 e. The maximum absolute atomic E-state index is 12.4. The molecule has 0 atom stereocenters. The minimum atomic E-state index is -0.394. The molecule has 0 unspecified atom stereocenters. The lowest BCUT2D eigenvalue weighted by Crippen LogP contribution is -2.20. The molecule has 136 valence electrons. The zero-order valence-corrected chi connectivity index (χ0v) is 15.6. The largest absolute Gasteiger partial charge is 0.484 e. The molecule has 0 bridgehead atoms. The van der Waals surface area contributed by atoms with Gasteiger partial charge in [0.1, 0.15) is 5.75 Å². The lowest BCUT2D eigenvalue weighted by Gasteiger charge is -2.10. The van der Waals surface area contributed by atoms with Crippen molar-refractivity contribution in [2.45, 2.75) is 0 Å². The number of anilines is 1. The van der Waals surface area contributed by atoms with E-state index in [0.717, 1.165) is 0 Å². The van der Waals surface area contributed by atoms with Gasteiger partial charge in [-0.25, -0.2) is 0 Å². The van der Waals surface area contributed by atoms with Gasteiger partial charge >= 0.3 is 0 Å². The lowest BCUT2D eigenvalue weighted by atomic mass is 10.0. The zero-order chi connectivity index (χ0) is 19.2. The summed E-state index contributed by atoms with van der Waals surface area (Å²) in [6, 6.07) is 20.6. The Hall–Kier alpha value is -2.82. The van der Waals surface area contributed by atoms with Crippen molar-refractivity contribution < 1.29 is 14.3 Å². The zero-order valence-electron chi connectivity index (χ0n) is 14.1. The van der Waals surface area contributed by atoms with E-state index in [0.29, 0.717) is 32.6 Å². The summed E-state index contributed by atoms with van der Waals surface area (Å²) in [7, 11) is 0. The fourth-order valence-electron chi connectivity index (χ4n) is 2.40. The Labute approximate surface area is 166 Å². The number of halogens is 2. The summed E-state index contributed by atoms with van der Waals surface area (Å²) in [6.07, 6.45) is 0. The number of ketones is 1. The molecule has 3 aromatic rings. The number of nitrogens with one attached hydrogen (secondary N) is 1. The molecule has 0 fully saturated rings. The van der Waals surface area contributed by atoms with Crippen molar-refractivity contribution in [2.24, 2.45) is 0 Å². The molecule has 6 heteroatoms. The van der Waals surface area contributed by atoms with Crippen molar-refractivity contribution in [3.8, 4) is 5.75 Å². The standard InChI is InChI=1S/C21H15Cl2NO3/c22-17-7-4-8-18(23)20(17)24-19(25)13-27-16-11-9-15(10-12-16)21(26)14-5-2-1-3-6-14/h1-12H,13H2,(H,24,25). The van der Waals surface area contributed by atoms with E-state index in [4.69, 9.17) is 27.9 Å². The number of rotatable bonds is 6. The molecule has 27 heavy (non-hydrogen) atoms. The fourth-order valence-corrected chi connectivity index (χ4v) is 2.89. The Morgan fingerprint density at radius 3 is 2.00 bits per heavy atom. The highest BCUT2D eigenvalue weighted by atomic mass is 35.5. The van der Waals surface area contributed by atoms with Crippen molar-refractivity contribution >= 4 is 40.6 Å². The van der Waals surface area contributed by atoms with E-state index in [-0.39, 0.29) is 12.4 Å². The number of hydrogen-bond acceptors (Lipinski definition) is 3. The molecular formula is C21H15Cl2NO3. The van der Waals surface area contributed by atoms with E-state index in [2.05, 4.69) is 5.32 Å². The Kier molecular flexibility index (Phi) is 6.12. The predicted octanol–water partition coefficient (Wildman–Crippen LogP) is 5.24. The van der Waals surface area contributed by atoms with Gasteiger partial charge in [0.15, 0.2) is 12.4 Å². The van der Waals surface area contributed by atoms with Crippen LogP contribution in [0.2, 0.25) is 10.0 Å². The molecule has 0 aromatic heterocycles. The lowest BCUT2D eigenvalue weighted by molar-refractivity contribution is -0.118. The van der Waals surface area contributed by atoms with Gasteiger partial charge in [0.2, 0.25) is 0 Å². The third-order valence-corrected chi connectivity index (χ3v) is 4.38. The summed E-state index contributed by atoms with van der Waals surface area (Å²) in [5, 5.41) is 3.31. The number of para-hydroxylation sites is 1. The van der Waals surface area contributed by atoms with Crippen molar-refractivity contribution in [2.75, 3.05) is 11.9 Å². The third kappa shape index (κ3) is 4.88. The number of carbonyl (C=O) groups is 2. The molecule has 0 heterocycles. The number of benzene rings is 3. The van der Waals surface area contributed by atoms with E-state index < -0.39 is 5.91 Å². The second-order valence-electron chi connectivity index (χ2n) is 5.65. The molecule has 0 spiro atoms.